The molecular weight excluding hydrogens is 258 g/mol. The van der Waals surface area contributed by atoms with Crippen LogP contribution in [0.4, 0.5) is 0 Å². The van der Waals surface area contributed by atoms with Crippen LogP contribution in [-0.4, -0.2) is 34.7 Å². The van der Waals surface area contributed by atoms with Gasteiger partial charge in [-0.2, -0.15) is 0 Å². The van der Waals surface area contributed by atoms with Crippen molar-refractivity contribution in [1.29, 1.82) is 0 Å². The number of piperidine rings is 1. The van der Waals surface area contributed by atoms with Crippen molar-refractivity contribution in [3.8, 4) is 0 Å². The van der Waals surface area contributed by atoms with Crippen molar-refractivity contribution in [2.45, 2.75) is 52.1 Å². The molecule has 0 aromatic rings. The van der Waals surface area contributed by atoms with Gasteiger partial charge in [0.25, 0.3) is 0 Å². The lowest BCUT2D eigenvalue weighted by atomic mass is 9.58. The number of amides is 2. The van der Waals surface area contributed by atoms with Crippen molar-refractivity contribution >= 4 is 11.8 Å². The third kappa shape index (κ3) is 2.88. The lowest BCUT2D eigenvalue weighted by Crippen LogP contribution is -2.53. The summed E-state index contributed by atoms with van der Waals surface area (Å²) in [4.78, 5) is 23.6. The molecule has 4 atom stereocenters. The SMILES string of the molecule is CC1CC(C)C(O)C(C2(CCO)CC(=O)NC(=O)C2)C1. The summed E-state index contributed by atoms with van der Waals surface area (Å²) in [5, 5.41) is 22.3. The van der Waals surface area contributed by atoms with Crippen LogP contribution in [0.1, 0.15) is 46.0 Å². The molecule has 2 amide bonds. The second kappa shape index (κ2) is 5.82. The molecule has 0 spiro atoms. The Balaban J connectivity index is 2.30. The monoisotopic (exact) mass is 283 g/mol. The number of rotatable bonds is 3. The van der Waals surface area contributed by atoms with E-state index in [1.807, 2.05) is 6.92 Å². The maximum Gasteiger partial charge on any atom is 0.227 e. The maximum absolute atomic E-state index is 11.8. The first kappa shape index (κ1) is 15.4. The van der Waals surface area contributed by atoms with Gasteiger partial charge in [0.15, 0.2) is 0 Å². The van der Waals surface area contributed by atoms with Crippen LogP contribution < -0.4 is 5.32 Å². The predicted octanol–water partition coefficient (Wildman–Crippen LogP) is 0.835. The van der Waals surface area contributed by atoms with Crippen LogP contribution in [-0.2, 0) is 9.59 Å². The minimum absolute atomic E-state index is 0.0630. The van der Waals surface area contributed by atoms with Crippen LogP contribution in [0.3, 0.4) is 0 Å². The number of imide groups is 1. The fraction of sp³-hybridized carbons (Fsp3) is 0.867. The van der Waals surface area contributed by atoms with Gasteiger partial charge in [0.1, 0.15) is 0 Å². The number of aliphatic hydroxyl groups excluding tert-OH is 2. The number of hydrogen-bond donors (Lipinski definition) is 3. The Labute approximate surface area is 119 Å². The topological polar surface area (TPSA) is 86.6 Å². The van der Waals surface area contributed by atoms with E-state index < -0.39 is 11.5 Å². The van der Waals surface area contributed by atoms with Gasteiger partial charge in [0.2, 0.25) is 11.8 Å². The van der Waals surface area contributed by atoms with Crippen molar-refractivity contribution in [2.24, 2.45) is 23.2 Å². The lowest BCUT2D eigenvalue weighted by molar-refractivity contribution is -0.146. The van der Waals surface area contributed by atoms with Gasteiger partial charge in [-0.05, 0) is 42.4 Å². The van der Waals surface area contributed by atoms with Gasteiger partial charge in [0, 0.05) is 19.4 Å². The molecule has 1 aliphatic carbocycles. The van der Waals surface area contributed by atoms with E-state index in [1.54, 1.807) is 0 Å². The first-order chi connectivity index (χ1) is 9.38. The third-order valence-corrected chi connectivity index (χ3v) is 5.13. The Morgan fingerprint density at radius 3 is 2.35 bits per heavy atom. The molecule has 1 saturated carbocycles. The highest BCUT2D eigenvalue weighted by molar-refractivity contribution is 5.98. The fourth-order valence-corrected chi connectivity index (χ4v) is 4.24. The molecule has 0 aromatic carbocycles. The second-order valence-electron chi connectivity index (χ2n) is 6.81. The molecule has 2 fully saturated rings. The summed E-state index contributed by atoms with van der Waals surface area (Å²) in [6, 6.07) is 0. The molecule has 114 valence electrons. The summed E-state index contributed by atoms with van der Waals surface area (Å²) in [6.07, 6.45) is 2.12. The van der Waals surface area contributed by atoms with Gasteiger partial charge in [0.05, 0.1) is 6.10 Å². The molecule has 20 heavy (non-hydrogen) atoms. The van der Waals surface area contributed by atoms with Crippen molar-refractivity contribution < 1.29 is 19.8 Å². The molecule has 5 heteroatoms. The standard InChI is InChI=1S/C15H25NO4/c1-9-5-10(2)14(20)11(6-9)15(3-4-17)7-12(18)16-13(19)8-15/h9-11,14,17,20H,3-8H2,1-2H3,(H,16,18,19). The first-order valence-corrected chi connectivity index (χ1v) is 7.49. The van der Waals surface area contributed by atoms with Crippen LogP contribution in [0.15, 0.2) is 0 Å². The zero-order valence-corrected chi connectivity index (χ0v) is 12.3. The summed E-state index contributed by atoms with van der Waals surface area (Å²) < 4.78 is 0. The van der Waals surface area contributed by atoms with Crippen LogP contribution in [0.5, 0.6) is 0 Å². The zero-order chi connectivity index (χ0) is 14.9. The molecule has 2 aliphatic rings. The van der Waals surface area contributed by atoms with Gasteiger partial charge in [-0.3, -0.25) is 14.9 Å². The average molecular weight is 283 g/mol. The van der Waals surface area contributed by atoms with E-state index in [4.69, 9.17) is 0 Å². The van der Waals surface area contributed by atoms with E-state index in [2.05, 4.69) is 12.2 Å². The highest BCUT2D eigenvalue weighted by Gasteiger charge is 2.50. The van der Waals surface area contributed by atoms with Crippen LogP contribution in [0, 0.1) is 23.2 Å². The third-order valence-electron chi connectivity index (χ3n) is 5.13. The molecule has 3 N–H and O–H groups in total. The Hall–Kier alpha value is -0.940. The number of nitrogens with one attached hydrogen (secondary N) is 1. The smallest absolute Gasteiger partial charge is 0.227 e. The predicted molar refractivity (Wildman–Crippen MR) is 73.6 cm³/mol. The number of carbonyl (C=O) groups excluding carboxylic acids is 2. The Morgan fingerprint density at radius 1 is 1.20 bits per heavy atom. The molecule has 1 heterocycles. The summed E-state index contributed by atoms with van der Waals surface area (Å²) in [5.41, 5.74) is -0.587. The molecule has 1 saturated heterocycles. The van der Waals surface area contributed by atoms with Crippen molar-refractivity contribution in [3.63, 3.8) is 0 Å². The Morgan fingerprint density at radius 2 is 1.80 bits per heavy atom. The zero-order valence-electron chi connectivity index (χ0n) is 12.3. The van der Waals surface area contributed by atoms with Gasteiger partial charge >= 0.3 is 0 Å². The second-order valence-corrected chi connectivity index (χ2v) is 6.81. The summed E-state index contributed by atoms with van der Waals surface area (Å²) in [7, 11) is 0. The molecule has 0 radical (unpaired) electrons. The van der Waals surface area contributed by atoms with E-state index in [0.717, 1.165) is 12.8 Å². The first-order valence-electron chi connectivity index (χ1n) is 7.49. The number of aliphatic hydroxyl groups is 2. The van der Waals surface area contributed by atoms with Crippen molar-refractivity contribution in [3.05, 3.63) is 0 Å². The fourth-order valence-electron chi connectivity index (χ4n) is 4.24. The quantitative estimate of drug-likeness (QED) is 0.670. The molecule has 2 rings (SSSR count). The maximum atomic E-state index is 11.8. The highest BCUT2D eigenvalue weighted by Crippen LogP contribution is 2.50. The number of hydrogen-bond acceptors (Lipinski definition) is 4. The van der Waals surface area contributed by atoms with Gasteiger partial charge < -0.3 is 10.2 Å². The molecular formula is C15H25NO4. The minimum Gasteiger partial charge on any atom is -0.396 e. The molecule has 4 unspecified atom stereocenters. The van der Waals surface area contributed by atoms with E-state index in [-0.39, 0.29) is 43.1 Å². The van der Waals surface area contributed by atoms with E-state index >= 15 is 0 Å². The van der Waals surface area contributed by atoms with Crippen molar-refractivity contribution in [1.82, 2.24) is 5.32 Å². The highest BCUT2D eigenvalue weighted by atomic mass is 16.3. The minimum atomic E-state index is -0.587. The van der Waals surface area contributed by atoms with Crippen LogP contribution in [0.25, 0.3) is 0 Å². The molecule has 0 bridgehead atoms. The van der Waals surface area contributed by atoms with Crippen molar-refractivity contribution in [2.75, 3.05) is 6.61 Å². The molecule has 5 nitrogen and oxygen atoms in total. The van der Waals surface area contributed by atoms with Gasteiger partial charge in [-0.15, -0.1) is 0 Å². The molecule has 1 aliphatic heterocycles. The van der Waals surface area contributed by atoms with E-state index in [1.165, 1.54) is 0 Å². The average Bonchev–Trinajstić information content (AvgIpc) is 2.32. The van der Waals surface area contributed by atoms with E-state index in [0.29, 0.717) is 12.3 Å². The van der Waals surface area contributed by atoms with Gasteiger partial charge in [-0.1, -0.05) is 13.8 Å². The number of carbonyl (C=O) groups is 2. The Bertz CT molecular complexity index is 379. The summed E-state index contributed by atoms with van der Waals surface area (Å²) >= 11 is 0. The van der Waals surface area contributed by atoms with Gasteiger partial charge in [-0.25, -0.2) is 0 Å². The normalized spacial score (nSPS) is 37.6. The van der Waals surface area contributed by atoms with Crippen LogP contribution >= 0.6 is 0 Å². The Kier molecular flexibility index (Phi) is 4.49. The summed E-state index contributed by atoms with van der Waals surface area (Å²) in [5.74, 6) is -0.0302. The lowest BCUT2D eigenvalue weighted by Gasteiger charge is -2.49. The summed E-state index contributed by atoms with van der Waals surface area (Å²) in [6.45, 7) is 4.10. The largest absolute Gasteiger partial charge is 0.396 e. The molecule has 0 aromatic heterocycles. The van der Waals surface area contributed by atoms with E-state index in [9.17, 15) is 19.8 Å². The van der Waals surface area contributed by atoms with Crippen LogP contribution in [0.2, 0.25) is 0 Å².